The number of hydrogen-bond donors (Lipinski definition) is 0. The number of allylic oxidation sites excluding steroid dienone is 2. The van der Waals surface area contributed by atoms with E-state index in [2.05, 4.69) is 40.3 Å². The molecule has 2 atom stereocenters. The summed E-state index contributed by atoms with van der Waals surface area (Å²) < 4.78 is 0. The van der Waals surface area contributed by atoms with Crippen LogP contribution in [-0.2, 0) is 4.79 Å². The average Bonchev–Trinajstić information content (AvgIpc) is 3.23. The highest BCUT2D eigenvalue weighted by Gasteiger charge is 2.33. The number of rotatable bonds is 9. The molecule has 0 heterocycles. The summed E-state index contributed by atoms with van der Waals surface area (Å²) in [7, 11) is 0. The van der Waals surface area contributed by atoms with E-state index in [9.17, 15) is 4.79 Å². The highest BCUT2D eigenvalue weighted by molar-refractivity contribution is 5.81. The molecule has 1 amide bonds. The van der Waals surface area contributed by atoms with Gasteiger partial charge in [0.05, 0.1) is 0 Å². The molecule has 0 N–H and O–H groups in total. The van der Waals surface area contributed by atoms with Gasteiger partial charge in [-0.1, -0.05) is 38.5 Å². The quantitative estimate of drug-likeness (QED) is 0.555. The molecule has 0 bridgehead atoms. The van der Waals surface area contributed by atoms with Crippen LogP contribution in [0.1, 0.15) is 59.8 Å². The maximum Gasteiger partial charge on any atom is 0.229 e. The third kappa shape index (κ3) is 5.52. The molecule has 0 aliphatic heterocycles. The Labute approximate surface area is 124 Å². The van der Waals surface area contributed by atoms with E-state index < -0.39 is 0 Å². The molecule has 0 spiro atoms. The monoisotopic (exact) mass is 277 g/mol. The Kier molecular flexibility index (Phi) is 7.04. The fourth-order valence-electron chi connectivity index (χ4n) is 2.65. The molecule has 0 aromatic rings. The van der Waals surface area contributed by atoms with Crippen LogP contribution in [0.3, 0.4) is 0 Å². The second-order valence-electron chi connectivity index (χ2n) is 6.45. The van der Waals surface area contributed by atoms with E-state index in [4.69, 9.17) is 0 Å². The SMILES string of the molecule is C=CN(CC(CC)C(C)CCC=C(C)C)C(=O)C1CC1. The van der Waals surface area contributed by atoms with E-state index in [0.29, 0.717) is 11.8 Å². The maximum absolute atomic E-state index is 12.2. The molecule has 1 aliphatic carbocycles. The Morgan fingerprint density at radius 3 is 2.50 bits per heavy atom. The van der Waals surface area contributed by atoms with Crippen LogP contribution in [0.4, 0.5) is 0 Å². The lowest BCUT2D eigenvalue weighted by Crippen LogP contribution is -2.34. The number of amides is 1. The van der Waals surface area contributed by atoms with Crippen molar-refractivity contribution in [3.05, 3.63) is 24.4 Å². The summed E-state index contributed by atoms with van der Waals surface area (Å²) in [5, 5.41) is 0. The number of nitrogens with zero attached hydrogens (tertiary/aromatic N) is 1. The topological polar surface area (TPSA) is 20.3 Å². The van der Waals surface area contributed by atoms with Crippen LogP contribution in [0, 0.1) is 17.8 Å². The van der Waals surface area contributed by atoms with Crippen molar-refractivity contribution < 1.29 is 4.79 Å². The third-order valence-electron chi connectivity index (χ3n) is 4.36. The first-order valence-electron chi connectivity index (χ1n) is 8.06. The first-order chi connectivity index (χ1) is 9.49. The lowest BCUT2D eigenvalue weighted by molar-refractivity contribution is -0.130. The third-order valence-corrected chi connectivity index (χ3v) is 4.36. The minimum Gasteiger partial charge on any atom is -0.319 e. The Bertz CT molecular complexity index is 350. The molecule has 20 heavy (non-hydrogen) atoms. The van der Waals surface area contributed by atoms with Crippen LogP contribution < -0.4 is 0 Å². The van der Waals surface area contributed by atoms with Crippen LogP contribution in [0.15, 0.2) is 24.4 Å². The molecular weight excluding hydrogens is 246 g/mol. The van der Waals surface area contributed by atoms with Crippen LogP contribution in [0.5, 0.6) is 0 Å². The normalized spacial score (nSPS) is 17.2. The van der Waals surface area contributed by atoms with Gasteiger partial charge in [0, 0.05) is 12.5 Å². The van der Waals surface area contributed by atoms with Gasteiger partial charge in [0.2, 0.25) is 5.91 Å². The van der Waals surface area contributed by atoms with Crippen LogP contribution in [0.25, 0.3) is 0 Å². The van der Waals surface area contributed by atoms with Gasteiger partial charge in [-0.25, -0.2) is 0 Å². The van der Waals surface area contributed by atoms with E-state index >= 15 is 0 Å². The molecule has 0 aromatic heterocycles. The highest BCUT2D eigenvalue weighted by atomic mass is 16.2. The summed E-state index contributed by atoms with van der Waals surface area (Å²) in [4.78, 5) is 14.0. The summed E-state index contributed by atoms with van der Waals surface area (Å²) in [5.74, 6) is 1.78. The van der Waals surface area contributed by atoms with Crippen molar-refractivity contribution in [2.75, 3.05) is 6.54 Å². The lowest BCUT2D eigenvalue weighted by Gasteiger charge is -2.28. The van der Waals surface area contributed by atoms with Crippen LogP contribution >= 0.6 is 0 Å². The standard InChI is InChI=1S/C18H31NO/c1-6-16(15(5)10-8-9-14(3)4)13-19(7-2)18(20)17-11-12-17/h7,9,15-17H,2,6,8,10-13H2,1,3-5H3. The summed E-state index contributed by atoms with van der Waals surface area (Å²) in [6, 6.07) is 0. The zero-order valence-electron chi connectivity index (χ0n) is 13.7. The fourth-order valence-corrected chi connectivity index (χ4v) is 2.65. The fraction of sp³-hybridized carbons (Fsp3) is 0.722. The van der Waals surface area contributed by atoms with Crippen molar-refractivity contribution in [3.8, 4) is 0 Å². The Morgan fingerprint density at radius 1 is 1.40 bits per heavy atom. The second-order valence-corrected chi connectivity index (χ2v) is 6.45. The second kappa shape index (κ2) is 8.28. The van der Waals surface area contributed by atoms with Crippen molar-refractivity contribution in [2.24, 2.45) is 17.8 Å². The summed E-state index contributed by atoms with van der Waals surface area (Å²) in [5.41, 5.74) is 1.39. The maximum atomic E-state index is 12.2. The molecule has 2 nitrogen and oxygen atoms in total. The van der Waals surface area contributed by atoms with Crippen molar-refractivity contribution in [3.63, 3.8) is 0 Å². The molecule has 1 fully saturated rings. The predicted molar refractivity (Wildman–Crippen MR) is 86.2 cm³/mol. The number of hydrogen-bond acceptors (Lipinski definition) is 1. The molecule has 0 aromatic carbocycles. The summed E-state index contributed by atoms with van der Waals surface area (Å²) >= 11 is 0. The zero-order valence-corrected chi connectivity index (χ0v) is 13.7. The molecule has 2 heteroatoms. The van der Waals surface area contributed by atoms with E-state index in [1.54, 1.807) is 6.20 Å². The predicted octanol–water partition coefficient (Wildman–Crippen LogP) is 4.78. The smallest absolute Gasteiger partial charge is 0.229 e. The summed E-state index contributed by atoms with van der Waals surface area (Å²) in [6.45, 7) is 13.5. The van der Waals surface area contributed by atoms with Gasteiger partial charge in [-0.05, 0) is 57.6 Å². The molecular formula is C18H31NO. The van der Waals surface area contributed by atoms with E-state index in [1.807, 2.05) is 4.90 Å². The van der Waals surface area contributed by atoms with Crippen LogP contribution in [0.2, 0.25) is 0 Å². The average molecular weight is 277 g/mol. The molecule has 1 saturated carbocycles. The molecule has 114 valence electrons. The van der Waals surface area contributed by atoms with Gasteiger partial charge in [0.1, 0.15) is 0 Å². The van der Waals surface area contributed by atoms with E-state index in [-0.39, 0.29) is 11.8 Å². The largest absolute Gasteiger partial charge is 0.319 e. The first kappa shape index (κ1) is 17.0. The van der Waals surface area contributed by atoms with Gasteiger partial charge >= 0.3 is 0 Å². The Morgan fingerprint density at radius 2 is 2.05 bits per heavy atom. The lowest BCUT2D eigenvalue weighted by atomic mass is 9.87. The molecule has 1 aliphatic rings. The zero-order chi connectivity index (χ0) is 15.1. The van der Waals surface area contributed by atoms with Gasteiger partial charge < -0.3 is 4.90 Å². The van der Waals surface area contributed by atoms with Crippen molar-refractivity contribution >= 4 is 5.91 Å². The van der Waals surface area contributed by atoms with E-state index in [0.717, 1.165) is 32.2 Å². The Balaban J connectivity index is 2.48. The molecule has 1 rings (SSSR count). The van der Waals surface area contributed by atoms with Gasteiger partial charge in [-0.2, -0.15) is 0 Å². The summed E-state index contributed by atoms with van der Waals surface area (Å²) in [6.07, 6.45) is 9.64. The van der Waals surface area contributed by atoms with Gasteiger partial charge in [-0.3, -0.25) is 4.79 Å². The van der Waals surface area contributed by atoms with Gasteiger partial charge in [0.15, 0.2) is 0 Å². The molecule has 2 unspecified atom stereocenters. The minimum absolute atomic E-state index is 0.284. The van der Waals surface area contributed by atoms with Crippen LogP contribution in [-0.4, -0.2) is 17.4 Å². The number of carbonyl (C=O) groups is 1. The van der Waals surface area contributed by atoms with Crippen molar-refractivity contribution in [1.29, 1.82) is 0 Å². The van der Waals surface area contributed by atoms with Crippen molar-refractivity contribution in [1.82, 2.24) is 4.90 Å². The molecule has 0 saturated heterocycles. The number of carbonyl (C=O) groups excluding carboxylic acids is 1. The minimum atomic E-state index is 0.284. The molecule has 0 radical (unpaired) electrons. The van der Waals surface area contributed by atoms with Gasteiger partial charge in [0.25, 0.3) is 0 Å². The van der Waals surface area contributed by atoms with Crippen molar-refractivity contribution in [2.45, 2.75) is 59.8 Å². The Hall–Kier alpha value is -1.05. The van der Waals surface area contributed by atoms with E-state index in [1.165, 1.54) is 12.0 Å². The highest BCUT2D eigenvalue weighted by Crippen LogP contribution is 2.32. The first-order valence-corrected chi connectivity index (χ1v) is 8.06. The van der Waals surface area contributed by atoms with Gasteiger partial charge in [-0.15, -0.1) is 0 Å².